The van der Waals surface area contributed by atoms with Gasteiger partial charge in [-0.05, 0) is 54.1 Å². The van der Waals surface area contributed by atoms with Crippen LogP contribution in [-0.2, 0) is 11.2 Å². The number of hydrogen-bond acceptors (Lipinski definition) is 6. The Morgan fingerprint density at radius 1 is 1.08 bits per heavy atom. The van der Waals surface area contributed by atoms with Crippen molar-refractivity contribution in [1.29, 1.82) is 0 Å². The number of fused-ring (bicyclic) bond motifs is 2. The number of nitrogens with zero attached hydrogens (tertiary/aromatic N) is 2. The Balaban J connectivity index is 1.34. The molecule has 8 heteroatoms. The number of H-pyrrole nitrogens is 1. The number of nitrogens with one attached hydrogen (secondary N) is 1. The average Bonchev–Trinajstić information content (AvgIpc) is 3.61. The van der Waals surface area contributed by atoms with Crippen LogP contribution in [-0.4, -0.2) is 41.4 Å². The summed E-state index contributed by atoms with van der Waals surface area (Å²) in [6.45, 7) is 0.677. The van der Waals surface area contributed by atoms with Crippen molar-refractivity contribution in [3.63, 3.8) is 0 Å². The molecule has 7 nitrogen and oxygen atoms in total. The van der Waals surface area contributed by atoms with Crippen LogP contribution in [0.4, 0.5) is 5.69 Å². The van der Waals surface area contributed by atoms with E-state index >= 15 is 0 Å². The molecule has 0 bridgehead atoms. The highest BCUT2D eigenvalue weighted by molar-refractivity contribution is 8.18. The minimum Gasteiger partial charge on any atom is -0.496 e. The molecule has 4 aromatic rings. The van der Waals surface area contributed by atoms with Crippen LogP contribution < -0.4 is 14.2 Å². The highest BCUT2D eigenvalue weighted by atomic mass is 32.2. The molecule has 1 amide bonds. The van der Waals surface area contributed by atoms with Crippen molar-refractivity contribution in [1.82, 2.24) is 9.88 Å². The summed E-state index contributed by atoms with van der Waals surface area (Å²) in [5.74, 6) is 1.78. The molecule has 0 unspecified atom stereocenters. The summed E-state index contributed by atoms with van der Waals surface area (Å²) in [6, 6.07) is 21.5. The van der Waals surface area contributed by atoms with Crippen molar-refractivity contribution >= 4 is 45.5 Å². The first kappa shape index (κ1) is 22.3. The van der Waals surface area contributed by atoms with E-state index in [1.54, 1.807) is 18.1 Å². The Bertz CT molecular complexity index is 1510. The molecule has 3 heterocycles. The van der Waals surface area contributed by atoms with Gasteiger partial charge in [-0.25, -0.2) is 4.99 Å². The van der Waals surface area contributed by atoms with Crippen molar-refractivity contribution < 1.29 is 19.0 Å². The predicted octanol–water partition coefficient (Wildman–Crippen LogP) is 5.75. The van der Waals surface area contributed by atoms with Gasteiger partial charge in [-0.1, -0.05) is 36.4 Å². The van der Waals surface area contributed by atoms with Crippen LogP contribution >= 0.6 is 11.8 Å². The number of carbonyl (C=O) groups excluding carboxylic acids is 1. The zero-order valence-corrected chi connectivity index (χ0v) is 20.4. The van der Waals surface area contributed by atoms with Gasteiger partial charge in [0.2, 0.25) is 6.79 Å². The van der Waals surface area contributed by atoms with Crippen molar-refractivity contribution in [2.75, 3.05) is 20.4 Å². The number of aromatic nitrogens is 1. The number of methoxy groups -OCH3 is 1. The van der Waals surface area contributed by atoms with Crippen LogP contribution in [0.15, 0.2) is 82.8 Å². The standard InChI is InChI=1S/C28H23N3O4S/c1-33-23-15-25-24(34-17-35-25)13-19(23)14-26-27(32)31(28(36-26)30-20-7-3-2-4-8-20)12-11-18-16-29-22-10-6-5-9-21(18)22/h2-10,13-16,29H,11-12,17H2,1H3/b26-14+,30-28?. The van der Waals surface area contributed by atoms with Gasteiger partial charge in [-0.15, -0.1) is 0 Å². The normalized spacial score (nSPS) is 17.0. The first-order valence-corrected chi connectivity index (χ1v) is 12.4. The maximum absolute atomic E-state index is 13.6. The fraction of sp³-hybridized carbons (Fsp3) is 0.143. The number of aliphatic imine (C=N–C) groups is 1. The molecule has 1 N–H and O–H groups in total. The molecule has 1 saturated heterocycles. The molecular formula is C28H23N3O4S. The lowest BCUT2D eigenvalue weighted by molar-refractivity contribution is -0.122. The summed E-state index contributed by atoms with van der Waals surface area (Å²) in [6.07, 6.45) is 4.55. The molecule has 0 atom stereocenters. The summed E-state index contributed by atoms with van der Waals surface area (Å²) in [4.78, 5) is 24.1. The molecule has 3 aromatic carbocycles. The van der Waals surface area contributed by atoms with Gasteiger partial charge in [-0.2, -0.15) is 0 Å². The zero-order valence-electron chi connectivity index (χ0n) is 19.6. The molecule has 0 aliphatic carbocycles. The summed E-state index contributed by atoms with van der Waals surface area (Å²) in [5.41, 5.74) is 3.79. The minimum absolute atomic E-state index is 0.0887. The number of ether oxygens (including phenoxy) is 3. The first-order valence-electron chi connectivity index (χ1n) is 11.6. The summed E-state index contributed by atoms with van der Waals surface area (Å²) >= 11 is 1.36. The largest absolute Gasteiger partial charge is 0.496 e. The number of amidine groups is 1. The van der Waals surface area contributed by atoms with Crippen LogP contribution in [0.3, 0.4) is 0 Å². The smallest absolute Gasteiger partial charge is 0.266 e. The van der Waals surface area contributed by atoms with Gasteiger partial charge in [0.1, 0.15) is 5.75 Å². The lowest BCUT2D eigenvalue weighted by Crippen LogP contribution is -2.31. The number of para-hydroxylation sites is 2. The van der Waals surface area contributed by atoms with Gasteiger partial charge in [0.15, 0.2) is 16.7 Å². The van der Waals surface area contributed by atoms with Gasteiger partial charge in [0.25, 0.3) is 5.91 Å². The third-order valence-electron chi connectivity index (χ3n) is 6.16. The van der Waals surface area contributed by atoms with Gasteiger partial charge in [0, 0.05) is 35.3 Å². The van der Waals surface area contributed by atoms with E-state index in [-0.39, 0.29) is 12.7 Å². The molecule has 1 fully saturated rings. The van der Waals surface area contributed by atoms with Crippen LogP contribution in [0.5, 0.6) is 17.2 Å². The Hall–Kier alpha value is -4.17. The van der Waals surface area contributed by atoms with Crippen molar-refractivity contribution in [3.05, 3.63) is 89.0 Å². The van der Waals surface area contributed by atoms with Crippen molar-refractivity contribution in [2.45, 2.75) is 6.42 Å². The monoisotopic (exact) mass is 497 g/mol. The number of rotatable bonds is 6. The Kier molecular flexibility index (Phi) is 5.87. The second-order valence-corrected chi connectivity index (χ2v) is 9.36. The Morgan fingerprint density at radius 2 is 1.86 bits per heavy atom. The number of carbonyl (C=O) groups is 1. The van der Waals surface area contributed by atoms with E-state index in [1.807, 2.05) is 60.8 Å². The van der Waals surface area contributed by atoms with E-state index in [0.717, 1.165) is 22.3 Å². The molecule has 180 valence electrons. The van der Waals surface area contributed by atoms with E-state index in [0.29, 0.717) is 40.3 Å². The molecule has 0 radical (unpaired) electrons. The summed E-state index contributed by atoms with van der Waals surface area (Å²) in [5, 5.41) is 1.82. The molecule has 0 saturated carbocycles. The molecule has 6 rings (SSSR count). The van der Waals surface area contributed by atoms with E-state index < -0.39 is 0 Å². The number of hydrogen-bond donors (Lipinski definition) is 1. The third-order valence-corrected chi connectivity index (χ3v) is 7.17. The van der Waals surface area contributed by atoms with Gasteiger partial charge in [0.05, 0.1) is 17.7 Å². The van der Waals surface area contributed by atoms with Crippen LogP contribution in [0, 0.1) is 0 Å². The van der Waals surface area contributed by atoms with Crippen LogP contribution in [0.2, 0.25) is 0 Å². The van der Waals surface area contributed by atoms with Crippen molar-refractivity contribution in [3.8, 4) is 17.2 Å². The fourth-order valence-corrected chi connectivity index (χ4v) is 5.36. The molecule has 1 aromatic heterocycles. The number of amides is 1. The Labute approximate surface area is 212 Å². The SMILES string of the molecule is COc1cc2c(cc1/C=C1/SC(=Nc3ccccc3)N(CCc3c[nH]c4ccccc34)C1=O)OCO2. The average molecular weight is 498 g/mol. The predicted molar refractivity (Wildman–Crippen MR) is 142 cm³/mol. The number of aromatic amines is 1. The van der Waals surface area contributed by atoms with E-state index in [2.05, 4.69) is 17.1 Å². The second-order valence-electron chi connectivity index (χ2n) is 8.35. The maximum atomic E-state index is 13.6. The highest BCUT2D eigenvalue weighted by Gasteiger charge is 2.34. The minimum atomic E-state index is -0.0887. The zero-order chi connectivity index (χ0) is 24.5. The number of thioether (sulfide) groups is 1. The van der Waals surface area contributed by atoms with Gasteiger partial charge >= 0.3 is 0 Å². The second kappa shape index (κ2) is 9.47. The third kappa shape index (κ3) is 4.20. The van der Waals surface area contributed by atoms with Crippen LogP contribution in [0.1, 0.15) is 11.1 Å². The van der Waals surface area contributed by atoms with Crippen molar-refractivity contribution in [2.24, 2.45) is 4.99 Å². The Morgan fingerprint density at radius 3 is 2.69 bits per heavy atom. The van der Waals surface area contributed by atoms with Gasteiger partial charge in [-0.3, -0.25) is 9.69 Å². The molecular weight excluding hydrogens is 474 g/mol. The lowest BCUT2D eigenvalue weighted by atomic mass is 10.1. The molecule has 36 heavy (non-hydrogen) atoms. The molecule has 0 spiro atoms. The fourth-order valence-electron chi connectivity index (χ4n) is 4.34. The maximum Gasteiger partial charge on any atom is 0.266 e. The topological polar surface area (TPSA) is 76.2 Å². The summed E-state index contributed by atoms with van der Waals surface area (Å²) in [7, 11) is 1.60. The summed E-state index contributed by atoms with van der Waals surface area (Å²) < 4.78 is 16.5. The van der Waals surface area contributed by atoms with E-state index in [4.69, 9.17) is 19.2 Å². The van der Waals surface area contributed by atoms with Gasteiger partial charge < -0.3 is 19.2 Å². The number of benzene rings is 3. The highest BCUT2D eigenvalue weighted by Crippen LogP contribution is 2.41. The first-order chi connectivity index (χ1) is 17.7. The lowest BCUT2D eigenvalue weighted by Gasteiger charge is -2.15. The van der Waals surface area contributed by atoms with E-state index in [1.165, 1.54) is 17.1 Å². The molecule has 2 aliphatic rings. The van der Waals surface area contributed by atoms with E-state index in [9.17, 15) is 4.79 Å². The van der Waals surface area contributed by atoms with Crippen LogP contribution in [0.25, 0.3) is 17.0 Å². The quantitative estimate of drug-likeness (QED) is 0.343. The molecule has 2 aliphatic heterocycles.